The summed E-state index contributed by atoms with van der Waals surface area (Å²) in [5.41, 5.74) is -1.03. The van der Waals surface area contributed by atoms with Crippen LogP contribution in [0, 0.1) is 17.2 Å². The molecule has 7 atom stereocenters. The van der Waals surface area contributed by atoms with Crippen LogP contribution in [-0.4, -0.2) is 79.0 Å². The molecule has 0 radical (unpaired) electrons. The fraction of sp³-hybridized carbons (Fsp3) is 0.419. The van der Waals surface area contributed by atoms with E-state index in [-0.39, 0.29) is 29.3 Å². The van der Waals surface area contributed by atoms with E-state index in [9.17, 15) is 15.5 Å². The maximum absolute atomic E-state index is 12.9. The smallest absolute Gasteiger partial charge is 0.177 e. The number of benzene rings is 2. The molecule has 2 unspecified atom stereocenters. The van der Waals surface area contributed by atoms with Crippen molar-refractivity contribution in [3.8, 4) is 6.07 Å². The summed E-state index contributed by atoms with van der Waals surface area (Å²) in [5.74, 6) is -0.383. The van der Waals surface area contributed by atoms with Crippen molar-refractivity contribution >= 4 is 6.21 Å². The summed E-state index contributed by atoms with van der Waals surface area (Å²) in [6, 6.07) is 19.1. The highest BCUT2D eigenvalue weighted by molar-refractivity contribution is 5.80. The zero-order valence-corrected chi connectivity index (χ0v) is 22.2. The largest absolute Gasteiger partial charge is 0.495 e. The van der Waals surface area contributed by atoms with Crippen molar-refractivity contribution in [2.75, 3.05) is 33.8 Å². The minimum Gasteiger partial charge on any atom is -0.495 e. The van der Waals surface area contributed by atoms with Gasteiger partial charge in [-0.3, -0.25) is 9.89 Å². The third-order valence-corrected chi connectivity index (χ3v) is 8.83. The van der Waals surface area contributed by atoms with Crippen molar-refractivity contribution in [3.05, 3.63) is 95.0 Å². The lowest BCUT2D eigenvalue weighted by molar-refractivity contribution is -0.184. The van der Waals surface area contributed by atoms with E-state index in [0.29, 0.717) is 17.7 Å². The predicted molar refractivity (Wildman–Crippen MR) is 145 cm³/mol. The van der Waals surface area contributed by atoms with Gasteiger partial charge < -0.3 is 24.4 Å². The average Bonchev–Trinajstić information content (AvgIpc) is 3.28. The SMILES string of the molecule is C=C1O[C@@]2(c3ccc(C#N)cc3)[C@H](c3ccccc3)[C@@H](CN3CC4CC(C3)O4)[C@@H](O)[C@@]2(O)/C1=C(/C=N\C)OC. The van der Waals surface area contributed by atoms with Crippen molar-refractivity contribution in [1.29, 1.82) is 5.26 Å². The number of ether oxygens (including phenoxy) is 3. The highest BCUT2D eigenvalue weighted by atomic mass is 16.5. The Hall–Kier alpha value is -3.48. The lowest BCUT2D eigenvalue weighted by Crippen LogP contribution is -2.58. The van der Waals surface area contributed by atoms with Gasteiger partial charge in [-0.2, -0.15) is 5.26 Å². The second-order valence-electron chi connectivity index (χ2n) is 10.9. The lowest BCUT2D eigenvalue weighted by atomic mass is 9.70. The van der Waals surface area contributed by atoms with Crippen LogP contribution >= 0.6 is 0 Å². The third kappa shape index (κ3) is 3.69. The van der Waals surface area contributed by atoms with Crippen molar-refractivity contribution in [2.24, 2.45) is 10.9 Å². The van der Waals surface area contributed by atoms with E-state index in [1.807, 2.05) is 30.3 Å². The first kappa shape index (κ1) is 25.8. The van der Waals surface area contributed by atoms with Gasteiger partial charge in [-0.05, 0) is 23.3 Å². The van der Waals surface area contributed by atoms with E-state index < -0.39 is 29.1 Å². The van der Waals surface area contributed by atoms with E-state index >= 15 is 0 Å². The molecular weight excluding hydrogens is 494 g/mol. The Morgan fingerprint density at radius 3 is 2.46 bits per heavy atom. The van der Waals surface area contributed by atoms with Crippen LogP contribution in [0.4, 0.5) is 0 Å². The van der Waals surface area contributed by atoms with Crippen molar-refractivity contribution in [3.63, 3.8) is 0 Å². The van der Waals surface area contributed by atoms with Gasteiger partial charge in [0.05, 0.1) is 48.8 Å². The fourth-order valence-corrected chi connectivity index (χ4v) is 7.33. The highest BCUT2D eigenvalue weighted by Crippen LogP contribution is 2.68. The Labute approximate surface area is 228 Å². The van der Waals surface area contributed by atoms with Gasteiger partial charge in [0.25, 0.3) is 0 Å². The Kier molecular flexibility index (Phi) is 6.35. The molecule has 8 heteroatoms. The first-order valence-corrected chi connectivity index (χ1v) is 13.3. The van der Waals surface area contributed by atoms with Gasteiger partial charge in [0.1, 0.15) is 11.5 Å². The van der Waals surface area contributed by atoms with E-state index in [1.54, 1.807) is 31.3 Å². The topological polar surface area (TPSA) is 108 Å². The molecule has 4 heterocycles. The number of methoxy groups -OCH3 is 1. The maximum atomic E-state index is 12.9. The standard InChI is InChI=1S/C31H33N3O5/c1-19-27(26(37-3)15-33-2)30(36)29(35)25(18-34-16-23-13-24(17-34)38-23)28(21-7-5-4-6-8-21)31(30,39-19)22-11-9-20(14-32)10-12-22/h4-12,15,23-25,28-29,35-36H,1,13,16-18H2,2-3H3/b27-26-,33-15-/t23?,24?,25-,28-,29-,30+,31+/m1/s1. The van der Waals surface area contributed by atoms with Crippen LogP contribution in [0.5, 0.6) is 0 Å². The molecule has 2 aromatic rings. The van der Waals surface area contributed by atoms with Crippen LogP contribution in [0.15, 0.2) is 83.3 Å². The van der Waals surface area contributed by atoms with E-state index in [4.69, 9.17) is 14.2 Å². The molecule has 1 saturated carbocycles. The summed E-state index contributed by atoms with van der Waals surface area (Å²) in [4.78, 5) is 6.45. The lowest BCUT2D eigenvalue weighted by Gasteiger charge is -2.48. The third-order valence-electron chi connectivity index (χ3n) is 8.83. The molecule has 0 aromatic heterocycles. The number of allylic oxidation sites excluding steroid dienone is 1. The number of hydrogen-bond donors (Lipinski definition) is 2. The Morgan fingerprint density at radius 2 is 1.87 bits per heavy atom. The molecule has 202 valence electrons. The van der Waals surface area contributed by atoms with Gasteiger partial charge >= 0.3 is 0 Å². The minimum atomic E-state index is -1.93. The fourth-order valence-electron chi connectivity index (χ4n) is 7.33. The van der Waals surface area contributed by atoms with Crippen LogP contribution in [0.25, 0.3) is 0 Å². The van der Waals surface area contributed by atoms with Crippen molar-refractivity contribution < 1.29 is 24.4 Å². The summed E-state index contributed by atoms with van der Waals surface area (Å²) in [6.07, 6.45) is 1.75. The number of fused-ring (bicyclic) bond motifs is 3. The van der Waals surface area contributed by atoms with E-state index in [0.717, 1.165) is 25.1 Å². The molecule has 8 nitrogen and oxygen atoms in total. The summed E-state index contributed by atoms with van der Waals surface area (Å²) < 4.78 is 18.3. The summed E-state index contributed by atoms with van der Waals surface area (Å²) >= 11 is 0. The molecule has 2 N–H and O–H groups in total. The highest BCUT2D eigenvalue weighted by Gasteiger charge is 2.77. The molecular formula is C31H33N3O5. The molecule has 0 spiro atoms. The van der Waals surface area contributed by atoms with Gasteiger partial charge in [-0.1, -0.05) is 49.0 Å². The van der Waals surface area contributed by atoms with E-state index in [1.165, 1.54) is 13.3 Å². The molecule has 0 amide bonds. The number of aliphatic hydroxyl groups excluding tert-OH is 1. The predicted octanol–water partition coefficient (Wildman–Crippen LogP) is 2.88. The van der Waals surface area contributed by atoms with E-state index in [2.05, 4.69) is 22.5 Å². The summed E-state index contributed by atoms with van der Waals surface area (Å²) in [6.45, 7) is 6.28. The monoisotopic (exact) mass is 527 g/mol. The first-order valence-electron chi connectivity index (χ1n) is 13.3. The van der Waals surface area contributed by atoms with Gasteiger partial charge in [-0.15, -0.1) is 0 Å². The van der Waals surface area contributed by atoms with Gasteiger partial charge in [-0.25, -0.2) is 0 Å². The van der Waals surface area contributed by atoms with Gasteiger partial charge in [0.15, 0.2) is 11.2 Å². The summed E-state index contributed by atoms with van der Waals surface area (Å²) in [5, 5.41) is 34.7. The molecule has 7 rings (SSSR count). The molecule has 4 aliphatic heterocycles. The summed E-state index contributed by atoms with van der Waals surface area (Å²) in [7, 11) is 3.11. The normalized spacial score (nSPS) is 36.7. The second-order valence-corrected chi connectivity index (χ2v) is 10.9. The first-order chi connectivity index (χ1) is 18.9. The number of nitriles is 1. The Bertz CT molecular complexity index is 1350. The molecule has 5 fully saturated rings. The van der Waals surface area contributed by atoms with Crippen LogP contribution in [-0.2, 0) is 19.8 Å². The van der Waals surface area contributed by atoms with Crippen molar-refractivity contribution in [1.82, 2.24) is 4.90 Å². The second kappa shape index (κ2) is 9.61. The molecule has 1 aliphatic carbocycles. The van der Waals surface area contributed by atoms with Gasteiger partial charge in [0, 0.05) is 44.9 Å². The Balaban J connectivity index is 1.59. The van der Waals surface area contributed by atoms with Crippen LogP contribution in [0.1, 0.15) is 29.0 Å². The van der Waals surface area contributed by atoms with Crippen LogP contribution < -0.4 is 0 Å². The zero-order valence-electron chi connectivity index (χ0n) is 22.2. The number of morpholine rings is 1. The number of rotatable bonds is 6. The molecule has 2 aromatic carbocycles. The number of hydrogen-bond acceptors (Lipinski definition) is 8. The number of nitrogens with zero attached hydrogens (tertiary/aromatic N) is 3. The molecule has 39 heavy (non-hydrogen) atoms. The van der Waals surface area contributed by atoms with Crippen molar-refractivity contribution in [2.45, 2.75) is 41.9 Å². The minimum absolute atomic E-state index is 0.208. The van der Waals surface area contributed by atoms with Gasteiger partial charge in [0.2, 0.25) is 0 Å². The molecule has 4 saturated heterocycles. The molecule has 5 aliphatic rings. The number of piperidine rings is 1. The number of aliphatic imine (C=N–C) groups is 1. The average molecular weight is 528 g/mol. The zero-order chi connectivity index (χ0) is 27.4. The Morgan fingerprint density at radius 1 is 1.21 bits per heavy atom. The van der Waals surface area contributed by atoms with Crippen LogP contribution in [0.2, 0.25) is 0 Å². The quantitative estimate of drug-likeness (QED) is 0.439. The van der Waals surface area contributed by atoms with Crippen LogP contribution in [0.3, 0.4) is 0 Å². The molecule has 2 bridgehead atoms. The number of aliphatic hydroxyl groups is 2. The maximum Gasteiger partial charge on any atom is 0.177 e.